The Balaban J connectivity index is 1.57. The Kier molecular flexibility index (Phi) is 4.21. The maximum Gasteiger partial charge on any atom is 0.276 e. The number of pyridine rings is 1. The summed E-state index contributed by atoms with van der Waals surface area (Å²) in [6.45, 7) is 1.75. The van der Waals surface area contributed by atoms with Gasteiger partial charge in [-0.25, -0.2) is 18.2 Å². The maximum absolute atomic E-state index is 14.0. The minimum absolute atomic E-state index is 0.00265. The first-order valence-corrected chi connectivity index (χ1v) is 8.84. The topological polar surface area (TPSA) is 33.2 Å². The second kappa shape index (κ2) is 6.41. The normalized spacial score (nSPS) is 24.8. The Bertz CT molecular complexity index is 856. The molecule has 0 radical (unpaired) electrons. The van der Waals surface area contributed by atoms with Gasteiger partial charge in [0.05, 0.1) is 6.20 Å². The van der Waals surface area contributed by atoms with Crippen molar-refractivity contribution in [2.45, 2.75) is 50.6 Å². The molecule has 0 N–H and O–H groups in total. The molecule has 4 rings (SSSR count). The molecule has 136 valence electrons. The summed E-state index contributed by atoms with van der Waals surface area (Å²) in [6, 6.07) is 5.87. The van der Waals surface area contributed by atoms with E-state index in [1.807, 2.05) is 12.1 Å². The second-order valence-electron chi connectivity index (χ2n) is 7.26. The monoisotopic (exact) mass is 360 g/mol. The average molecular weight is 360 g/mol. The summed E-state index contributed by atoms with van der Waals surface area (Å²) in [4.78, 5) is 18.2. The summed E-state index contributed by atoms with van der Waals surface area (Å²) in [7, 11) is 0. The lowest BCUT2D eigenvalue weighted by Gasteiger charge is -2.39. The van der Waals surface area contributed by atoms with Crippen LogP contribution in [0.4, 0.5) is 13.2 Å². The van der Waals surface area contributed by atoms with Crippen LogP contribution in [-0.2, 0) is 0 Å². The molecule has 1 amide bonds. The van der Waals surface area contributed by atoms with Crippen LogP contribution in [0, 0.1) is 24.4 Å². The van der Waals surface area contributed by atoms with E-state index < -0.39 is 17.5 Å². The van der Waals surface area contributed by atoms with Gasteiger partial charge in [-0.05, 0) is 55.7 Å². The predicted molar refractivity (Wildman–Crippen MR) is 90.2 cm³/mol. The fourth-order valence-corrected chi connectivity index (χ4v) is 4.40. The standard InChI is InChI=1S/C20H19F3N2O/c1-11-6-12(2-5-17(11)22)13-7-15-3-4-16(8-13)25(15)20(26)19-18(23)9-14(21)10-24-19/h2,5-6,9-10,13,15-16H,3-4,7-8H2,1H3/t13?,15-,16+. The van der Waals surface area contributed by atoms with E-state index in [4.69, 9.17) is 0 Å². The highest BCUT2D eigenvalue weighted by Gasteiger charge is 2.44. The summed E-state index contributed by atoms with van der Waals surface area (Å²) in [5.41, 5.74) is 1.38. The fourth-order valence-electron chi connectivity index (χ4n) is 4.40. The van der Waals surface area contributed by atoms with Gasteiger partial charge < -0.3 is 4.90 Å². The summed E-state index contributed by atoms with van der Waals surface area (Å²) < 4.78 is 40.6. The number of halogens is 3. The van der Waals surface area contributed by atoms with Gasteiger partial charge in [0.25, 0.3) is 5.91 Å². The van der Waals surface area contributed by atoms with Crippen LogP contribution < -0.4 is 0 Å². The van der Waals surface area contributed by atoms with Crippen molar-refractivity contribution >= 4 is 5.91 Å². The van der Waals surface area contributed by atoms with E-state index in [1.54, 1.807) is 11.8 Å². The Morgan fingerprint density at radius 3 is 2.38 bits per heavy atom. The molecular formula is C20H19F3N2O. The lowest BCUT2D eigenvalue weighted by molar-refractivity contribution is 0.0560. The number of fused-ring (bicyclic) bond motifs is 2. The minimum Gasteiger partial charge on any atom is -0.331 e. The zero-order valence-electron chi connectivity index (χ0n) is 14.4. The van der Waals surface area contributed by atoms with E-state index in [2.05, 4.69) is 4.98 Å². The van der Waals surface area contributed by atoms with Crippen molar-refractivity contribution in [2.24, 2.45) is 0 Å². The van der Waals surface area contributed by atoms with E-state index in [0.717, 1.165) is 37.4 Å². The van der Waals surface area contributed by atoms with Crippen LogP contribution in [0.2, 0.25) is 0 Å². The predicted octanol–water partition coefficient (Wildman–Crippen LogP) is 4.36. The number of piperidine rings is 1. The zero-order chi connectivity index (χ0) is 18.4. The third-order valence-corrected chi connectivity index (χ3v) is 5.63. The van der Waals surface area contributed by atoms with Crippen LogP contribution in [0.5, 0.6) is 0 Å². The number of carbonyl (C=O) groups excluding carboxylic acids is 1. The molecule has 2 saturated heterocycles. The van der Waals surface area contributed by atoms with Crippen molar-refractivity contribution < 1.29 is 18.0 Å². The van der Waals surface area contributed by atoms with Crippen LogP contribution in [-0.4, -0.2) is 27.9 Å². The number of amides is 1. The highest BCUT2D eigenvalue weighted by Crippen LogP contribution is 2.43. The van der Waals surface area contributed by atoms with Gasteiger partial charge in [-0.2, -0.15) is 0 Å². The molecule has 0 aliphatic carbocycles. The van der Waals surface area contributed by atoms with Crippen molar-refractivity contribution in [2.75, 3.05) is 0 Å². The number of rotatable bonds is 2. The smallest absolute Gasteiger partial charge is 0.276 e. The van der Waals surface area contributed by atoms with Gasteiger partial charge in [-0.15, -0.1) is 0 Å². The first-order valence-electron chi connectivity index (χ1n) is 8.84. The summed E-state index contributed by atoms with van der Waals surface area (Å²) >= 11 is 0. The average Bonchev–Trinajstić information content (AvgIpc) is 2.86. The van der Waals surface area contributed by atoms with Crippen LogP contribution in [0.25, 0.3) is 0 Å². The van der Waals surface area contributed by atoms with Crippen molar-refractivity contribution in [3.63, 3.8) is 0 Å². The molecule has 2 aromatic rings. The molecule has 2 bridgehead atoms. The van der Waals surface area contributed by atoms with E-state index >= 15 is 0 Å². The molecule has 2 aliphatic rings. The van der Waals surface area contributed by atoms with Gasteiger partial charge in [0.2, 0.25) is 0 Å². The number of carbonyl (C=O) groups is 1. The van der Waals surface area contributed by atoms with Gasteiger partial charge in [-0.3, -0.25) is 4.79 Å². The molecule has 0 spiro atoms. The molecule has 3 heterocycles. The quantitative estimate of drug-likeness (QED) is 0.797. The fraction of sp³-hybridized carbons (Fsp3) is 0.400. The largest absolute Gasteiger partial charge is 0.331 e. The number of benzene rings is 1. The van der Waals surface area contributed by atoms with Crippen molar-refractivity contribution in [1.82, 2.24) is 9.88 Å². The number of hydrogen-bond acceptors (Lipinski definition) is 2. The number of hydrogen-bond donors (Lipinski definition) is 0. The van der Waals surface area contributed by atoms with Crippen LogP contribution in [0.1, 0.15) is 53.2 Å². The van der Waals surface area contributed by atoms with Crippen molar-refractivity contribution in [3.8, 4) is 0 Å². The lowest BCUT2D eigenvalue weighted by Crippen LogP contribution is -2.46. The Hall–Kier alpha value is -2.37. The second-order valence-corrected chi connectivity index (χ2v) is 7.26. The van der Waals surface area contributed by atoms with Crippen LogP contribution in [0.3, 0.4) is 0 Å². The van der Waals surface area contributed by atoms with Crippen LogP contribution in [0.15, 0.2) is 30.5 Å². The summed E-state index contributed by atoms with van der Waals surface area (Å²) in [5.74, 6) is -2.16. The molecule has 2 fully saturated rings. The van der Waals surface area contributed by atoms with Crippen LogP contribution >= 0.6 is 0 Å². The maximum atomic E-state index is 14.0. The molecule has 0 saturated carbocycles. The van der Waals surface area contributed by atoms with Gasteiger partial charge >= 0.3 is 0 Å². The lowest BCUT2D eigenvalue weighted by atomic mass is 9.84. The van der Waals surface area contributed by atoms with Gasteiger partial charge in [0, 0.05) is 18.2 Å². The molecule has 1 aromatic heterocycles. The summed E-state index contributed by atoms with van der Waals surface area (Å²) in [6.07, 6.45) is 4.10. The third kappa shape index (κ3) is 2.87. The van der Waals surface area contributed by atoms with Gasteiger partial charge in [-0.1, -0.05) is 12.1 Å². The molecule has 1 aromatic carbocycles. The third-order valence-electron chi connectivity index (χ3n) is 5.63. The highest BCUT2D eigenvalue weighted by molar-refractivity contribution is 5.93. The number of aryl methyl sites for hydroxylation is 1. The number of aromatic nitrogens is 1. The Morgan fingerprint density at radius 2 is 1.77 bits per heavy atom. The highest BCUT2D eigenvalue weighted by atomic mass is 19.1. The Labute approximate surface area is 149 Å². The Morgan fingerprint density at radius 1 is 1.08 bits per heavy atom. The van der Waals surface area contributed by atoms with E-state index in [9.17, 15) is 18.0 Å². The first-order chi connectivity index (χ1) is 12.4. The summed E-state index contributed by atoms with van der Waals surface area (Å²) in [5, 5.41) is 0. The minimum atomic E-state index is -0.925. The zero-order valence-corrected chi connectivity index (χ0v) is 14.4. The van der Waals surface area contributed by atoms with Crippen molar-refractivity contribution in [3.05, 3.63) is 64.7 Å². The van der Waals surface area contributed by atoms with Crippen molar-refractivity contribution in [1.29, 1.82) is 0 Å². The molecule has 3 nitrogen and oxygen atoms in total. The van der Waals surface area contributed by atoms with E-state index in [1.165, 1.54) is 6.07 Å². The molecule has 6 heteroatoms. The SMILES string of the molecule is Cc1cc(C2C[C@H]3CC[C@@H](C2)N3C(=O)c2ncc(F)cc2F)ccc1F. The van der Waals surface area contributed by atoms with E-state index in [-0.39, 0.29) is 29.5 Å². The first kappa shape index (κ1) is 17.1. The van der Waals surface area contributed by atoms with Gasteiger partial charge in [0.1, 0.15) is 11.6 Å². The van der Waals surface area contributed by atoms with Gasteiger partial charge in [0.15, 0.2) is 11.5 Å². The molecule has 2 aliphatic heterocycles. The molecular weight excluding hydrogens is 341 g/mol. The molecule has 3 atom stereocenters. The molecule has 26 heavy (non-hydrogen) atoms. The molecule has 1 unspecified atom stereocenters. The van der Waals surface area contributed by atoms with E-state index in [0.29, 0.717) is 11.6 Å². The number of nitrogens with zero attached hydrogens (tertiary/aromatic N) is 2.